The number of amides is 1. The topological polar surface area (TPSA) is 113 Å². The summed E-state index contributed by atoms with van der Waals surface area (Å²) in [6.45, 7) is 3.62. The smallest absolute Gasteiger partial charge is 0.243 e. The van der Waals surface area contributed by atoms with E-state index in [9.17, 15) is 21.6 Å². The van der Waals surface area contributed by atoms with Gasteiger partial charge in [0.25, 0.3) is 0 Å². The van der Waals surface area contributed by atoms with Gasteiger partial charge >= 0.3 is 0 Å². The van der Waals surface area contributed by atoms with Crippen LogP contribution in [-0.2, 0) is 31.3 Å². The van der Waals surface area contributed by atoms with Crippen LogP contribution in [0.25, 0.3) is 0 Å². The average molecular weight is 612 g/mol. The van der Waals surface area contributed by atoms with Gasteiger partial charge in [0.15, 0.2) is 0 Å². The molecule has 42 heavy (non-hydrogen) atoms. The van der Waals surface area contributed by atoms with Crippen molar-refractivity contribution in [2.75, 3.05) is 13.1 Å². The van der Waals surface area contributed by atoms with E-state index < -0.39 is 32.0 Å². The normalized spacial score (nSPS) is 29.8. The fraction of sp³-hybridized carbons (Fsp3) is 0.531. The van der Waals surface area contributed by atoms with E-state index >= 15 is 0 Å². The van der Waals surface area contributed by atoms with E-state index in [1.807, 2.05) is 30.3 Å². The monoisotopic (exact) mass is 611 g/mol. The Hall–Kier alpha value is -2.53. The highest BCUT2D eigenvalue weighted by Crippen LogP contribution is 2.55. The first-order chi connectivity index (χ1) is 20.1. The van der Waals surface area contributed by atoms with E-state index in [0.717, 1.165) is 53.6 Å². The standard InChI is InChI=1S/C32H41N3O5S2/c1-2-41(37,38)33-22-28-9-6-14-35(28)42(39,40)29-12-10-27(11-13-29)30(18-23-7-4-3-5-8-23)31(36)34-32-19-24-15-25(20-32)17-26(16-24)21-32/h2-5,7-8,10-13,24-26,28,30,33H,1,6,9,14-22H2,(H,34,36)/t24?,25?,26?,28-,30?,32?/m1/s1. The molecule has 0 aromatic heterocycles. The average Bonchev–Trinajstić information content (AvgIpc) is 3.44. The van der Waals surface area contributed by atoms with Crippen molar-refractivity contribution in [3.63, 3.8) is 0 Å². The zero-order valence-corrected chi connectivity index (χ0v) is 25.6. The number of nitrogens with one attached hydrogen (secondary N) is 2. The van der Waals surface area contributed by atoms with Gasteiger partial charge in [-0.1, -0.05) is 49.0 Å². The molecule has 4 saturated carbocycles. The molecule has 226 valence electrons. The zero-order valence-electron chi connectivity index (χ0n) is 24.0. The Bertz CT molecular complexity index is 1490. The second-order valence-electron chi connectivity index (χ2n) is 13.0. The fourth-order valence-corrected chi connectivity index (χ4v) is 10.7. The van der Waals surface area contributed by atoms with E-state index in [-0.39, 0.29) is 22.9 Å². The Labute approximate surface area is 250 Å². The molecular weight excluding hydrogens is 571 g/mol. The van der Waals surface area contributed by atoms with Gasteiger partial charge in [0.05, 0.1) is 10.8 Å². The highest BCUT2D eigenvalue weighted by molar-refractivity contribution is 7.92. The van der Waals surface area contributed by atoms with Crippen LogP contribution in [0.4, 0.5) is 0 Å². The highest BCUT2D eigenvalue weighted by atomic mass is 32.2. The van der Waals surface area contributed by atoms with Crippen molar-refractivity contribution in [3.8, 4) is 0 Å². The van der Waals surface area contributed by atoms with Crippen molar-refractivity contribution < 1.29 is 21.6 Å². The summed E-state index contributed by atoms with van der Waals surface area (Å²) in [7, 11) is -7.50. The number of sulfonamides is 2. The van der Waals surface area contributed by atoms with Gasteiger partial charge < -0.3 is 5.32 Å². The first kappa shape index (κ1) is 29.5. The van der Waals surface area contributed by atoms with Crippen molar-refractivity contribution >= 4 is 26.0 Å². The number of hydrogen-bond acceptors (Lipinski definition) is 5. The van der Waals surface area contributed by atoms with Crippen molar-refractivity contribution in [1.29, 1.82) is 0 Å². The minimum absolute atomic E-state index is 0.00465. The van der Waals surface area contributed by atoms with Crippen LogP contribution >= 0.6 is 0 Å². The maximum atomic E-state index is 14.0. The summed E-state index contributed by atoms with van der Waals surface area (Å²) in [4.78, 5) is 14.2. The summed E-state index contributed by atoms with van der Waals surface area (Å²) in [5, 5.41) is 4.37. The quantitative estimate of drug-likeness (QED) is 0.393. The Balaban J connectivity index is 1.22. The van der Waals surface area contributed by atoms with Gasteiger partial charge in [-0.25, -0.2) is 21.6 Å². The van der Waals surface area contributed by atoms with E-state index in [1.165, 1.54) is 23.6 Å². The largest absolute Gasteiger partial charge is 0.350 e. The lowest BCUT2D eigenvalue weighted by molar-refractivity contribution is -0.128. The molecule has 10 heteroatoms. The second kappa shape index (κ2) is 11.5. The number of carbonyl (C=O) groups excluding carboxylic acids is 1. The molecule has 2 aromatic rings. The molecule has 1 amide bonds. The van der Waals surface area contributed by atoms with Crippen molar-refractivity contribution in [2.24, 2.45) is 17.8 Å². The van der Waals surface area contributed by atoms with Crippen LogP contribution in [0.3, 0.4) is 0 Å². The third-order valence-corrected chi connectivity index (χ3v) is 13.0. The third kappa shape index (κ3) is 6.09. The van der Waals surface area contributed by atoms with E-state index in [1.54, 1.807) is 24.3 Å². The molecule has 2 atom stereocenters. The lowest BCUT2D eigenvalue weighted by atomic mass is 9.53. The molecule has 8 nitrogen and oxygen atoms in total. The Kier molecular flexibility index (Phi) is 8.10. The van der Waals surface area contributed by atoms with E-state index in [4.69, 9.17) is 0 Å². The summed E-state index contributed by atoms with van der Waals surface area (Å²) >= 11 is 0. The lowest BCUT2D eigenvalue weighted by Gasteiger charge is -2.57. The second-order valence-corrected chi connectivity index (χ2v) is 16.6. The molecule has 1 aliphatic heterocycles. The van der Waals surface area contributed by atoms with Crippen LogP contribution in [0.5, 0.6) is 0 Å². The van der Waals surface area contributed by atoms with Gasteiger partial charge in [-0.3, -0.25) is 4.79 Å². The summed E-state index contributed by atoms with van der Waals surface area (Å²) in [5.41, 5.74) is 1.74. The minimum Gasteiger partial charge on any atom is -0.350 e. The molecule has 0 spiro atoms. The van der Waals surface area contributed by atoms with Gasteiger partial charge in [-0.05, 0) is 98.8 Å². The van der Waals surface area contributed by atoms with Crippen LogP contribution in [0.2, 0.25) is 0 Å². The lowest BCUT2D eigenvalue weighted by Crippen LogP contribution is -2.60. The number of nitrogens with zero attached hydrogens (tertiary/aromatic N) is 1. The third-order valence-electron chi connectivity index (χ3n) is 9.98. The van der Waals surface area contributed by atoms with Crippen LogP contribution in [0.15, 0.2) is 71.5 Å². The Morgan fingerprint density at radius 1 is 0.952 bits per heavy atom. The van der Waals surface area contributed by atoms with Crippen molar-refractivity contribution in [1.82, 2.24) is 14.3 Å². The van der Waals surface area contributed by atoms with Crippen LogP contribution in [0.1, 0.15) is 68.4 Å². The molecule has 1 heterocycles. The van der Waals surface area contributed by atoms with Gasteiger partial charge in [-0.15, -0.1) is 0 Å². The Morgan fingerprint density at radius 2 is 1.57 bits per heavy atom. The highest BCUT2D eigenvalue weighted by Gasteiger charge is 2.52. The maximum absolute atomic E-state index is 14.0. The zero-order chi connectivity index (χ0) is 29.5. The van der Waals surface area contributed by atoms with Crippen LogP contribution in [0, 0.1) is 17.8 Å². The fourth-order valence-electron chi connectivity index (χ4n) is 8.43. The first-order valence-corrected chi connectivity index (χ1v) is 18.1. The number of hydrogen-bond donors (Lipinski definition) is 2. The molecule has 1 unspecified atom stereocenters. The molecule has 2 N–H and O–H groups in total. The van der Waals surface area contributed by atoms with Gasteiger partial charge in [0.2, 0.25) is 26.0 Å². The van der Waals surface area contributed by atoms with E-state index in [0.29, 0.717) is 25.8 Å². The molecule has 4 bridgehead atoms. The molecule has 4 aliphatic carbocycles. The van der Waals surface area contributed by atoms with Gasteiger partial charge in [0.1, 0.15) is 0 Å². The minimum atomic E-state index is -3.85. The number of benzene rings is 2. The molecule has 2 aromatic carbocycles. The van der Waals surface area contributed by atoms with Gasteiger partial charge in [-0.2, -0.15) is 4.31 Å². The summed E-state index contributed by atoms with van der Waals surface area (Å²) in [6, 6.07) is 16.2. The summed E-state index contributed by atoms with van der Waals surface area (Å²) in [6.07, 6.45) is 8.87. The van der Waals surface area contributed by atoms with Crippen LogP contribution in [-0.4, -0.2) is 51.7 Å². The van der Waals surface area contributed by atoms with Crippen molar-refractivity contribution in [3.05, 3.63) is 77.7 Å². The molecule has 1 saturated heterocycles. The predicted molar refractivity (Wildman–Crippen MR) is 162 cm³/mol. The number of carbonyl (C=O) groups is 1. The SMILES string of the molecule is C=CS(=O)(=O)NC[C@H]1CCCN1S(=O)(=O)c1ccc(C(Cc2ccccc2)C(=O)NC23CC4CC(CC(C4)C2)C3)cc1. The molecule has 0 radical (unpaired) electrons. The molecule has 7 rings (SSSR count). The summed E-state index contributed by atoms with van der Waals surface area (Å²) < 4.78 is 54.7. The molecule has 5 aliphatic rings. The summed E-state index contributed by atoms with van der Waals surface area (Å²) in [5.74, 6) is 1.73. The van der Waals surface area contributed by atoms with Crippen LogP contribution < -0.4 is 10.0 Å². The molecular formula is C32H41N3O5S2. The van der Waals surface area contributed by atoms with Crippen molar-refractivity contribution in [2.45, 2.75) is 80.2 Å². The molecule has 5 fully saturated rings. The number of rotatable bonds is 11. The Morgan fingerprint density at radius 3 is 2.17 bits per heavy atom. The van der Waals surface area contributed by atoms with E-state index in [2.05, 4.69) is 16.6 Å². The maximum Gasteiger partial charge on any atom is 0.243 e. The first-order valence-electron chi connectivity index (χ1n) is 15.2. The predicted octanol–water partition coefficient (Wildman–Crippen LogP) is 4.31. The van der Waals surface area contributed by atoms with Gasteiger partial charge in [0, 0.05) is 30.1 Å².